The van der Waals surface area contributed by atoms with Crippen molar-refractivity contribution in [3.05, 3.63) is 0 Å². The first-order valence-corrected chi connectivity index (χ1v) is 8.95. The highest BCUT2D eigenvalue weighted by atomic mass is 35.7. The molecule has 0 saturated heterocycles. The van der Waals surface area contributed by atoms with Crippen LogP contribution in [0.1, 0.15) is 0 Å². The molecule has 0 aliphatic heterocycles. The fraction of sp³-hybridized carbons (Fsp3) is 1.00. The second-order valence-corrected chi connectivity index (χ2v) is 10.3. The third-order valence-corrected chi connectivity index (χ3v) is 0. The van der Waals surface area contributed by atoms with Crippen molar-refractivity contribution in [2.45, 2.75) is 19.6 Å². The molecule has 0 heterocycles. The monoisotopic (exact) mass is 186 g/mol. The second kappa shape index (κ2) is 5.59. The zero-order chi connectivity index (χ0) is 8.08. The van der Waals surface area contributed by atoms with Gasteiger partial charge in [-0.25, -0.2) is 0 Å². The molecule has 0 N–H and O–H groups in total. The van der Waals surface area contributed by atoms with E-state index in [9.17, 15) is 4.80 Å². The molecule has 0 atom stereocenters. The van der Waals surface area contributed by atoms with Crippen LogP contribution < -0.4 is 4.80 Å². The van der Waals surface area contributed by atoms with Crippen molar-refractivity contribution in [2.24, 2.45) is 0 Å². The Labute approximate surface area is 66.4 Å². The summed E-state index contributed by atoms with van der Waals surface area (Å²) in [6, 6.07) is 0. The number of hydrogen-bond donors (Lipinski definition) is 0. The molecular formula is C5H15ClOSSi. The van der Waals surface area contributed by atoms with Crippen LogP contribution in [0.4, 0.5) is 0 Å². The quantitative estimate of drug-likeness (QED) is 0.412. The van der Waals surface area contributed by atoms with Crippen LogP contribution in [-0.4, -0.2) is 20.8 Å². The van der Waals surface area contributed by atoms with Crippen molar-refractivity contribution in [1.82, 2.24) is 0 Å². The van der Waals surface area contributed by atoms with Gasteiger partial charge in [0, 0.05) is 0 Å². The van der Waals surface area contributed by atoms with Gasteiger partial charge >= 0.3 is 0 Å². The lowest BCUT2D eigenvalue weighted by atomic mass is 11.8. The summed E-state index contributed by atoms with van der Waals surface area (Å²) < 4.78 is 0. The molecule has 0 aromatic carbocycles. The highest BCUT2D eigenvalue weighted by Crippen LogP contribution is 1.84. The van der Waals surface area contributed by atoms with E-state index in [2.05, 4.69) is 0 Å². The Morgan fingerprint density at radius 2 is 1.22 bits per heavy atom. The van der Waals surface area contributed by atoms with E-state index in [1.165, 1.54) is 0 Å². The first kappa shape index (κ1) is 12.5. The van der Waals surface area contributed by atoms with E-state index in [0.717, 1.165) is 0 Å². The van der Waals surface area contributed by atoms with Crippen molar-refractivity contribution >= 4 is 29.1 Å². The van der Waals surface area contributed by atoms with E-state index in [-0.39, 0.29) is 10.1 Å². The molecular weight excluding hydrogens is 172 g/mol. The maximum Gasteiger partial charge on any atom is 0.175 e. The van der Waals surface area contributed by atoms with Gasteiger partial charge in [0.2, 0.25) is 0 Å². The maximum absolute atomic E-state index is 10.2. The van der Waals surface area contributed by atoms with Crippen LogP contribution in [-0.2, 0) is 10.1 Å². The molecule has 4 heteroatoms. The summed E-state index contributed by atoms with van der Waals surface area (Å²) in [7, 11) is 3.55. The summed E-state index contributed by atoms with van der Waals surface area (Å²) in [6.07, 6.45) is 3.92. The van der Waals surface area contributed by atoms with Crippen LogP contribution in [0.25, 0.3) is 0 Å². The molecule has 0 amide bonds. The Balaban J connectivity index is 0. The van der Waals surface area contributed by atoms with Gasteiger partial charge in [0.05, 0.1) is 10.1 Å². The van der Waals surface area contributed by atoms with Gasteiger partial charge in [-0.15, -0.1) is 0 Å². The van der Waals surface area contributed by atoms with Gasteiger partial charge in [-0.05, 0) is 0 Å². The lowest BCUT2D eigenvalue weighted by Crippen LogP contribution is -2.38. The minimum Gasteiger partial charge on any atom is -0.859 e. The lowest BCUT2D eigenvalue weighted by Gasteiger charge is -2.21. The molecule has 0 saturated carbocycles. The van der Waals surface area contributed by atoms with Crippen molar-refractivity contribution in [3.63, 3.8) is 0 Å². The van der Waals surface area contributed by atoms with Crippen molar-refractivity contribution in [3.8, 4) is 0 Å². The average Bonchev–Trinajstić information content (AvgIpc) is 1.19. The van der Waals surface area contributed by atoms with E-state index in [1.54, 1.807) is 19.6 Å². The normalized spacial score (nSPS) is 10.7. The summed E-state index contributed by atoms with van der Waals surface area (Å²) in [4.78, 5) is 10.2. The molecule has 0 aliphatic carbocycles. The number of halogens is 1. The molecule has 0 radical (unpaired) electrons. The van der Waals surface area contributed by atoms with Gasteiger partial charge < -0.3 is 4.80 Å². The minimum absolute atomic E-state index is 0.111. The lowest BCUT2D eigenvalue weighted by molar-refractivity contribution is -0.203. The summed E-state index contributed by atoms with van der Waals surface area (Å²) in [5.41, 5.74) is 0. The highest BCUT2D eigenvalue weighted by molar-refractivity contribution is 8.17. The summed E-state index contributed by atoms with van der Waals surface area (Å²) in [5, 5.41) is 0. The minimum atomic E-state index is -1.86. The molecule has 0 unspecified atom stereocenters. The Morgan fingerprint density at radius 1 is 1.22 bits per heavy atom. The van der Waals surface area contributed by atoms with E-state index in [1.807, 2.05) is 12.5 Å². The smallest absolute Gasteiger partial charge is 0.175 e. The van der Waals surface area contributed by atoms with Crippen LogP contribution in [0, 0.1) is 0 Å². The maximum atomic E-state index is 10.2. The zero-order valence-electron chi connectivity index (χ0n) is 6.69. The van der Waals surface area contributed by atoms with Gasteiger partial charge in [0.25, 0.3) is 0 Å². The SMILES string of the molecule is C[S+](C)Cl.C[Si](C)(C)[O-]. The molecule has 58 valence electrons. The van der Waals surface area contributed by atoms with Gasteiger partial charge in [-0.1, -0.05) is 28.0 Å². The van der Waals surface area contributed by atoms with Crippen LogP contribution >= 0.6 is 10.7 Å². The van der Waals surface area contributed by atoms with Gasteiger partial charge in [0.1, 0.15) is 12.5 Å². The van der Waals surface area contributed by atoms with Gasteiger partial charge in [-0.2, -0.15) is 0 Å². The van der Waals surface area contributed by atoms with E-state index in [4.69, 9.17) is 10.7 Å². The Bertz CT molecular complexity index is 53.7. The fourth-order valence-electron chi connectivity index (χ4n) is 0. The van der Waals surface area contributed by atoms with Crippen LogP contribution in [0.2, 0.25) is 19.6 Å². The van der Waals surface area contributed by atoms with Crippen molar-refractivity contribution in [2.75, 3.05) is 12.5 Å². The number of rotatable bonds is 0. The van der Waals surface area contributed by atoms with Gasteiger partial charge in [-0.3, -0.25) is 0 Å². The van der Waals surface area contributed by atoms with E-state index < -0.39 is 8.32 Å². The first-order chi connectivity index (χ1) is 3.73. The van der Waals surface area contributed by atoms with E-state index >= 15 is 0 Å². The molecule has 0 bridgehead atoms. The Hall–Kier alpha value is 0.817. The molecule has 1 nitrogen and oxygen atoms in total. The molecule has 9 heavy (non-hydrogen) atoms. The Morgan fingerprint density at radius 3 is 1.22 bits per heavy atom. The molecule has 0 aromatic rings. The third kappa shape index (κ3) is 614. The van der Waals surface area contributed by atoms with Crippen molar-refractivity contribution < 1.29 is 4.80 Å². The largest absolute Gasteiger partial charge is 0.859 e. The predicted molar refractivity (Wildman–Crippen MR) is 48.4 cm³/mol. The molecule has 0 rings (SSSR count). The third-order valence-electron chi connectivity index (χ3n) is 0. The summed E-state index contributed by atoms with van der Waals surface area (Å²) in [5.74, 6) is 0. The molecule has 0 fully saturated rings. The standard InChI is InChI=1S/C3H9OSi.C2H6ClS/c1-5(2,3)4;1-4(2)3/h1-3H3;1-2H3/q-1;+1. The summed E-state index contributed by atoms with van der Waals surface area (Å²) in [6.45, 7) is 5.31. The van der Waals surface area contributed by atoms with Crippen LogP contribution in [0.5, 0.6) is 0 Å². The van der Waals surface area contributed by atoms with E-state index in [0.29, 0.717) is 0 Å². The van der Waals surface area contributed by atoms with Crippen LogP contribution in [0.15, 0.2) is 0 Å². The summed E-state index contributed by atoms with van der Waals surface area (Å²) >= 11 is 0. The molecule has 0 aromatic heterocycles. The molecule has 0 aliphatic rings. The Kier molecular flexibility index (Phi) is 7.76. The van der Waals surface area contributed by atoms with Crippen LogP contribution in [0.3, 0.4) is 0 Å². The number of hydrogen-bond acceptors (Lipinski definition) is 1. The van der Waals surface area contributed by atoms with Gasteiger partial charge in [0.15, 0.2) is 10.7 Å². The molecule has 0 spiro atoms. The average molecular weight is 187 g/mol. The van der Waals surface area contributed by atoms with Crippen molar-refractivity contribution in [1.29, 1.82) is 0 Å². The first-order valence-electron chi connectivity index (χ1n) is 2.67. The topological polar surface area (TPSA) is 23.1 Å². The zero-order valence-corrected chi connectivity index (χ0v) is 9.27. The predicted octanol–water partition coefficient (Wildman–Crippen LogP) is 1.20. The fourth-order valence-corrected chi connectivity index (χ4v) is 0. The highest BCUT2D eigenvalue weighted by Gasteiger charge is 1.86. The second-order valence-electron chi connectivity index (χ2n) is 2.83.